The van der Waals surface area contributed by atoms with Gasteiger partial charge >= 0.3 is 0 Å². The minimum Gasteiger partial charge on any atom is -0.348 e. The molecule has 1 fully saturated rings. The highest BCUT2D eigenvalue weighted by Crippen LogP contribution is 2.26. The maximum absolute atomic E-state index is 12.2. The molecule has 2 heterocycles. The van der Waals surface area contributed by atoms with Gasteiger partial charge < -0.3 is 5.32 Å². The van der Waals surface area contributed by atoms with Gasteiger partial charge in [-0.1, -0.05) is 0 Å². The van der Waals surface area contributed by atoms with Crippen LogP contribution >= 0.6 is 11.3 Å². The second-order valence-electron chi connectivity index (χ2n) is 6.13. The highest BCUT2D eigenvalue weighted by Gasteiger charge is 2.31. The summed E-state index contributed by atoms with van der Waals surface area (Å²) in [5, 5.41) is 3.00. The number of carbonyl (C=O) groups excluding carboxylic acids is 1. The second kappa shape index (κ2) is 6.68. The van der Waals surface area contributed by atoms with Crippen LogP contribution < -0.4 is 5.32 Å². The first-order chi connectivity index (χ1) is 10.2. The number of nitrogens with zero attached hydrogens (tertiary/aromatic N) is 1. The standard InChI is InChI=1S/C15H24N2O3S2/c1-10-7-14(12(3)21-10)11(2)16-15(18)8-17(4)13-5-6-22(19,20)9-13/h7,11,13H,5-6,8-9H2,1-4H3,(H,16,18)/t11-,13-/m0/s1. The van der Waals surface area contributed by atoms with Crippen LogP contribution in [0, 0.1) is 13.8 Å². The SMILES string of the molecule is Cc1cc([C@H](C)NC(=O)CN(C)[C@H]2CCS(=O)(=O)C2)c(C)s1. The number of hydrogen-bond donors (Lipinski definition) is 1. The molecule has 1 saturated heterocycles. The lowest BCUT2D eigenvalue weighted by atomic mass is 10.1. The zero-order chi connectivity index (χ0) is 16.5. The average molecular weight is 345 g/mol. The summed E-state index contributed by atoms with van der Waals surface area (Å²) in [5.74, 6) is 0.324. The van der Waals surface area contributed by atoms with Gasteiger partial charge in [0.1, 0.15) is 0 Å². The lowest BCUT2D eigenvalue weighted by Crippen LogP contribution is -2.41. The smallest absolute Gasteiger partial charge is 0.234 e. The maximum Gasteiger partial charge on any atom is 0.234 e. The van der Waals surface area contributed by atoms with Gasteiger partial charge in [-0.15, -0.1) is 11.3 Å². The van der Waals surface area contributed by atoms with E-state index in [0.717, 1.165) is 5.56 Å². The molecule has 0 spiro atoms. The van der Waals surface area contributed by atoms with Crippen LogP contribution in [-0.2, 0) is 14.6 Å². The molecule has 2 rings (SSSR count). The lowest BCUT2D eigenvalue weighted by Gasteiger charge is -2.23. The number of carbonyl (C=O) groups is 1. The number of likely N-dealkylation sites (N-methyl/N-ethyl adjacent to an activating group) is 1. The molecule has 0 radical (unpaired) electrons. The summed E-state index contributed by atoms with van der Waals surface area (Å²) in [4.78, 5) is 16.5. The minimum absolute atomic E-state index is 0.0295. The van der Waals surface area contributed by atoms with Gasteiger partial charge in [0, 0.05) is 15.8 Å². The molecular formula is C15H24N2O3S2. The van der Waals surface area contributed by atoms with Crippen LogP contribution in [0.15, 0.2) is 6.07 Å². The lowest BCUT2D eigenvalue weighted by molar-refractivity contribution is -0.123. The molecule has 0 bridgehead atoms. The second-order valence-corrected chi connectivity index (χ2v) is 9.82. The van der Waals surface area contributed by atoms with E-state index < -0.39 is 9.84 Å². The Labute approximate surface area is 136 Å². The number of hydrogen-bond acceptors (Lipinski definition) is 5. The number of thiophene rings is 1. The predicted molar refractivity (Wildman–Crippen MR) is 90.0 cm³/mol. The van der Waals surface area contributed by atoms with E-state index in [1.54, 1.807) is 11.3 Å². The van der Waals surface area contributed by atoms with Gasteiger partial charge in [0.05, 0.1) is 24.1 Å². The molecule has 0 saturated carbocycles. The van der Waals surface area contributed by atoms with Gasteiger partial charge in [0.25, 0.3) is 0 Å². The molecule has 1 N–H and O–H groups in total. The number of sulfone groups is 1. The molecular weight excluding hydrogens is 320 g/mol. The normalized spacial score (nSPS) is 22.0. The quantitative estimate of drug-likeness (QED) is 0.882. The van der Waals surface area contributed by atoms with Gasteiger partial charge in [0.2, 0.25) is 5.91 Å². The van der Waals surface area contributed by atoms with Crippen molar-refractivity contribution >= 4 is 27.1 Å². The fourth-order valence-corrected chi connectivity index (χ4v) is 5.75. The Morgan fingerprint density at radius 3 is 2.68 bits per heavy atom. The zero-order valence-corrected chi connectivity index (χ0v) is 15.2. The molecule has 1 aromatic rings. The van der Waals surface area contributed by atoms with E-state index in [4.69, 9.17) is 0 Å². The van der Waals surface area contributed by atoms with Gasteiger partial charge in [-0.05, 0) is 45.9 Å². The summed E-state index contributed by atoms with van der Waals surface area (Å²) in [7, 11) is -1.10. The molecule has 1 aliphatic rings. The van der Waals surface area contributed by atoms with E-state index in [1.165, 1.54) is 9.75 Å². The first-order valence-corrected chi connectivity index (χ1v) is 10.1. The van der Waals surface area contributed by atoms with E-state index >= 15 is 0 Å². The van der Waals surface area contributed by atoms with Crippen molar-refractivity contribution in [1.29, 1.82) is 0 Å². The Morgan fingerprint density at radius 2 is 2.18 bits per heavy atom. The third-order valence-electron chi connectivity index (χ3n) is 4.15. The van der Waals surface area contributed by atoms with Crippen molar-refractivity contribution in [3.05, 3.63) is 21.4 Å². The third kappa shape index (κ3) is 4.30. The first-order valence-electron chi connectivity index (χ1n) is 7.45. The van der Waals surface area contributed by atoms with Gasteiger partial charge in [-0.25, -0.2) is 8.42 Å². The van der Waals surface area contributed by atoms with Gasteiger partial charge in [-0.2, -0.15) is 0 Å². The number of rotatable bonds is 5. The van der Waals surface area contributed by atoms with Crippen molar-refractivity contribution in [3.63, 3.8) is 0 Å². The molecule has 0 unspecified atom stereocenters. The summed E-state index contributed by atoms with van der Waals surface area (Å²) in [6.07, 6.45) is 0.616. The van der Waals surface area contributed by atoms with Crippen LogP contribution in [-0.4, -0.2) is 50.4 Å². The largest absolute Gasteiger partial charge is 0.348 e. The van der Waals surface area contributed by atoms with Crippen LogP contribution in [0.1, 0.15) is 34.7 Å². The highest BCUT2D eigenvalue weighted by molar-refractivity contribution is 7.91. The van der Waals surface area contributed by atoms with Crippen molar-refractivity contribution in [2.24, 2.45) is 0 Å². The third-order valence-corrected chi connectivity index (χ3v) is 6.88. The van der Waals surface area contributed by atoms with E-state index in [2.05, 4.69) is 25.2 Å². The Hall–Kier alpha value is -0.920. The molecule has 0 aromatic carbocycles. The fourth-order valence-electron chi connectivity index (χ4n) is 2.92. The minimum atomic E-state index is -2.92. The Bertz CT molecular complexity index is 652. The maximum atomic E-state index is 12.2. The van der Waals surface area contributed by atoms with Gasteiger partial charge in [-0.3, -0.25) is 9.69 Å². The summed E-state index contributed by atoms with van der Waals surface area (Å²) >= 11 is 1.73. The Balaban J connectivity index is 1.89. The molecule has 1 aliphatic heterocycles. The summed E-state index contributed by atoms with van der Waals surface area (Å²) in [6.45, 7) is 6.33. The summed E-state index contributed by atoms with van der Waals surface area (Å²) < 4.78 is 23.0. The van der Waals surface area contributed by atoms with E-state index in [-0.39, 0.29) is 36.0 Å². The van der Waals surface area contributed by atoms with Crippen LogP contribution in [0.25, 0.3) is 0 Å². The molecule has 7 heteroatoms. The molecule has 2 atom stereocenters. The van der Waals surface area contributed by atoms with Crippen molar-refractivity contribution in [2.45, 2.75) is 39.3 Å². The van der Waals surface area contributed by atoms with Crippen LogP contribution in [0.4, 0.5) is 0 Å². The van der Waals surface area contributed by atoms with Crippen molar-refractivity contribution < 1.29 is 13.2 Å². The van der Waals surface area contributed by atoms with E-state index in [0.29, 0.717) is 6.42 Å². The van der Waals surface area contributed by atoms with E-state index in [9.17, 15) is 13.2 Å². The molecule has 124 valence electrons. The van der Waals surface area contributed by atoms with E-state index in [1.807, 2.05) is 18.9 Å². The van der Waals surface area contributed by atoms with Crippen molar-refractivity contribution in [1.82, 2.24) is 10.2 Å². The molecule has 0 aliphatic carbocycles. The van der Waals surface area contributed by atoms with Crippen LogP contribution in [0.5, 0.6) is 0 Å². The van der Waals surface area contributed by atoms with Crippen LogP contribution in [0.2, 0.25) is 0 Å². The summed E-state index contributed by atoms with van der Waals surface area (Å²) in [5.41, 5.74) is 1.15. The number of nitrogens with one attached hydrogen (secondary N) is 1. The number of amides is 1. The number of aryl methyl sites for hydroxylation is 2. The average Bonchev–Trinajstić information content (AvgIpc) is 2.91. The van der Waals surface area contributed by atoms with Crippen molar-refractivity contribution in [2.75, 3.05) is 25.1 Å². The van der Waals surface area contributed by atoms with Gasteiger partial charge in [0.15, 0.2) is 9.84 Å². The Morgan fingerprint density at radius 1 is 1.50 bits per heavy atom. The molecule has 5 nitrogen and oxygen atoms in total. The predicted octanol–water partition coefficient (Wildman–Crippen LogP) is 1.66. The topological polar surface area (TPSA) is 66.5 Å². The Kier molecular flexibility index (Phi) is 5.29. The highest BCUT2D eigenvalue weighted by atomic mass is 32.2. The molecule has 1 amide bonds. The zero-order valence-electron chi connectivity index (χ0n) is 13.5. The molecule has 1 aromatic heterocycles. The molecule has 22 heavy (non-hydrogen) atoms. The fraction of sp³-hybridized carbons (Fsp3) is 0.667. The van der Waals surface area contributed by atoms with Crippen molar-refractivity contribution in [3.8, 4) is 0 Å². The van der Waals surface area contributed by atoms with Crippen LogP contribution in [0.3, 0.4) is 0 Å². The monoisotopic (exact) mass is 344 g/mol. The first kappa shape index (κ1) is 17.4. The summed E-state index contributed by atoms with van der Waals surface area (Å²) in [6, 6.07) is 2.03.